The van der Waals surface area contributed by atoms with Gasteiger partial charge in [0.2, 0.25) is 0 Å². The summed E-state index contributed by atoms with van der Waals surface area (Å²) in [5.74, 6) is 0.341. The smallest absolute Gasteiger partial charge is 0.325 e. The van der Waals surface area contributed by atoms with Gasteiger partial charge in [0.05, 0.1) is 18.2 Å². The molecule has 1 heterocycles. The van der Waals surface area contributed by atoms with Crippen molar-refractivity contribution in [2.75, 3.05) is 13.2 Å². The zero-order valence-electron chi connectivity index (χ0n) is 23.3. The second-order valence-electron chi connectivity index (χ2n) is 9.53. The maximum absolute atomic E-state index is 12.2. The van der Waals surface area contributed by atoms with Crippen molar-refractivity contribution in [1.29, 1.82) is 0 Å². The number of nitrogens with zero attached hydrogens (tertiary/aromatic N) is 2. The van der Waals surface area contributed by atoms with Gasteiger partial charge in [-0.15, -0.1) is 0 Å². The summed E-state index contributed by atoms with van der Waals surface area (Å²) in [7, 11) is 0. The summed E-state index contributed by atoms with van der Waals surface area (Å²) >= 11 is 10.4. The highest BCUT2D eigenvalue weighted by atomic mass is 79.9. The predicted octanol–water partition coefficient (Wildman–Crippen LogP) is 6.48. The highest BCUT2D eigenvalue weighted by Gasteiger charge is 2.20. The van der Waals surface area contributed by atoms with E-state index < -0.39 is 18.6 Å². The molecule has 0 aliphatic heterocycles. The lowest BCUT2D eigenvalue weighted by molar-refractivity contribution is -0.146. The van der Waals surface area contributed by atoms with Gasteiger partial charge in [0, 0.05) is 33.8 Å². The van der Waals surface area contributed by atoms with E-state index in [-0.39, 0.29) is 26.4 Å². The van der Waals surface area contributed by atoms with E-state index in [0.29, 0.717) is 33.1 Å². The lowest BCUT2D eigenvalue weighted by atomic mass is 10.0. The van der Waals surface area contributed by atoms with E-state index in [9.17, 15) is 9.90 Å². The van der Waals surface area contributed by atoms with Crippen LogP contribution in [0.1, 0.15) is 23.6 Å². The minimum Gasteiger partial charge on any atom is -0.488 e. The van der Waals surface area contributed by atoms with Gasteiger partial charge in [-0.05, 0) is 56.4 Å². The number of hydrogen-bond donors (Lipinski definition) is 2. The number of esters is 1. The molecule has 222 valence electrons. The number of halogens is 2. The number of aromatic nitrogens is 2. The largest absolute Gasteiger partial charge is 0.488 e. The molecular weight excluding hydrogens is 638 g/mol. The fourth-order valence-corrected chi connectivity index (χ4v) is 5.33. The molecule has 0 aliphatic rings. The number of nitrogens with one attached hydrogen (secondary N) is 1. The van der Waals surface area contributed by atoms with Crippen molar-refractivity contribution in [3.05, 3.63) is 105 Å². The first-order valence-electron chi connectivity index (χ1n) is 13.6. The van der Waals surface area contributed by atoms with Crippen molar-refractivity contribution < 1.29 is 28.7 Å². The summed E-state index contributed by atoms with van der Waals surface area (Å²) < 4.78 is 23.3. The monoisotopic (exact) mass is 665 g/mol. The van der Waals surface area contributed by atoms with Gasteiger partial charge >= 0.3 is 5.97 Å². The molecule has 0 fully saturated rings. The van der Waals surface area contributed by atoms with Gasteiger partial charge in [0.25, 0.3) is 0 Å². The summed E-state index contributed by atoms with van der Waals surface area (Å²) in [6.45, 7) is 2.05. The van der Waals surface area contributed by atoms with E-state index in [4.69, 9.17) is 30.4 Å². The fraction of sp³-hybridized carbons (Fsp3) is 0.219. The lowest BCUT2D eigenvalue weighted by Gasteiger charge is -2.19. The summed E-state index contributed by atoms with van der Waals surface area (Å²) in [5, 5.41) is 21.0. The van der Waals surface area contributed by atoms with Gasteiger partial charge in [-0.2, -0.15) is 0 Å². The summed E-state index contributed by atoms with van der Waals surface area (Å²) in [6, 6.07) is 24.1. The van der Waals surface area contributed by atoms with Gasteiger partial charge < -0.3 is 19.3 Å². The first-order valence-corrected chi connectivity index (χ1v) is 14.8. The van der Waals surface area contributed by atoms with Gasteiger partial charge in [-0.3, -0.25) is 10.1 Å². The molecule has 0 saturated carbocycles. The van der Waals surface area contributed by atoms with Crippen LogP contribution in [-0.4, -0.2) is 40.6 Å². The molecule has 1 atom stereocenters. The van der Waals surface area contributed by atoms with Crippen LogP contribution < -0.4 is 14.8 Å². The fourth-order valence-electron chi connectivity index (χ4n) is 4.48. The van der Waals surface area contributed by atoms with Crippen molar-refractivity contribution >= 4 is 44.5 Å². The van der Waals surface area contributed by atoms with Gasteiger partial charge in [0.15, 0.2) is 0 Å². The number of carbonyl (C=O) groups excluding carboxylic acids is 1. The Kier molecular flexibility index (Phi) is 10.3. The lowest BCUT2D eigenvalue weighted by Crippen LogP contribution is -2.40. The first kappa shape index (κ1) is 30.5. The SMILES string of the molecule is CCOC(=O)[C@@H](CO)NCc1cc(Cl)c(OCc2cccc(-c3ccccc3)c2Br)cc1OCc1cccc2nonc12. The third-order valence-corrected chi connectivity index (χ3v) is 7.94. The molecule has 0 bridgehead atoms. The van der Waals surface area contributed by atoms with Crippen LogP contribution in [0.4, 0.5) is 0 Å². The summed E-state index contributed by atoms with van der Waals surface area (Å²) in [5.41, 5.74) is 5.72. The van der Waals surface area contributed by atoms with Crippen LogP contribution in [0.2, 0.25) is 5.02 Å². The molecule has 0 radical (unpaired) electrons. The molecule has 0 saturated heterocycles. The Morgan fingerprint density at radius 1 is 0.953 bits per heavy atom. The second-order valence-corrected chi connectivity index (χ2v) is 10.7. The molecule has 0 aliphatic carbocycles. The Bertz CT molecular complexity index is 1700. The Balaban J connectivity index is 1.39. The second kappa shape index (κ2) is 14.5. The van der Waals surface area contributed by atoms with E-state index in [1.54, 1.807) is 25.1 Å². The van der Waals surface area contributed by atoms with Crippen molar-refractivity contribution in [1.82, 2.24) is 15.6 Å². The van der Waals surface area contributed by atoms with Crippen LogP contribution in [-0.2, 0) is 29.3 Å². The number of hydrogen-bond acceptors (Lipinski definition) is 9. The number of aliphatic hydroxyl groups is 1. The number of benzene rings is 4. The van der Waals surface area contributed by atoms with Crippen LogP contribution >= 0.6 is 27.5 Å². The van der Waals surface area contributed by atoms with Gasteiger partial charge in [-0.25, -0.2) is 4.63 Å². The zero-order chi connectivity index (χ0) is 30.2. The van der Waals surface area contributed by atoms with E-state index in [1.807, 2.05) is 48.5 Å². The minimum absolute atomic E-state index is 0.158. The Hall–Kier alpha value is -3.96. The molecule has 5 rings (SSSR count). The maximum Gasteiger partial charge on any atom is 0.325 e. The number of ether oxygens (including phenoxy) is 3. The molecule has 11 heteroatoms. The van der Waals surface area contributed by atoms with E-state index in [0.717, 1.165) is 26.7 Å². The van der Waals surface area contributed by atoms with Crippen molar-refractivity contribution in [2.24, 2.45) is 0 Å². The Labute approximate surface area is 261 Å². The standard InChI is InChI=1S/C32H29BrClN3O6/c1-2-40-32(39)27(17-38)35-16-23-14-25(34)29(15-28(23)41-19-22-11-7-13-26-31(22)37-43-36-26)42-18-21-10-6-12-24(30(21)33)20-8-4-3-5-9-20/h3-15,27,35,38H,2,16-19H2,1H3/t27-/m1/s1. The van der Waals surface area contributed by atoms with Crippen molar-refractivity contribution in [3.63, 3.8) is 0 Å². The zero-order valence-corrected chi connectivity index (χ0v) is 25.6. The first-order chi connectivity index (χ1) is 21.0. The Morgan fingerprint density at radius 2 is 1.70 bits per heavy atom. The molecule has 1 aromatic heterocycles. The van der Waals surface area contributed by atoms with E-state index in [1.165, 1.54) is 0 Å². The molecule has 4 aromatic carbocycles. The van der Waals surface area contributed by atoms with Gasteiger partial charge in [0.1, 0.15) is 41.8 Å². The average Bonchev–Trinajstić information content (AvgIpc) is 3.51. The van der Waals surface area contributed by atoms with E-state index in [2.05, 4.69) is 43.7 Å². The molecule has 9 nitrogen and oxygen atoms in total. The average molecular weight is 667 g/mol. The maximum atomic E-state index is 12.2. The molecule has 0 unspecified atom stereocenters. The molecule has 43 heavy (non-hydrogen) atoms. The molecular formula is C32H29BrClN3O6. The normalized spacial score (nSPS) is 11.8. The van der Waals surface area contributed by atoms with Crippen LogP contribution in [0.5, 0.6) is 11.5 Å². The summed E-state index contributed by atoms with van der Waals surface area (Å²) in [6.07, 6.45) is 0. The van der Waals surface area contributed by atoms with Crippen LogP contribution in [0, 0.1) is 0 Å². The third kappa shape index (κ3) is 7.34. The van der Waals surface area contributed by atoms with Crippen molar-refractivity contribution in [2.45, 2.75) is 32.7 Å². The van der Waals surface area contributed by atoms with E-state index >= 15 is 0 Å². The van der Waals surface area contributed by atoms with Crippen LogP contribution in [0.3, 0.4) is 0 Å². The molecule has 0 amide bonds. The Morgan fingerprint density at radius 3 is 2.49 bits per heavy atom. The third-order valence-electron chi connectivity index (χ3n) is 6.71. The molecule has 0 spiro atoms. The quantitative estimate of drug-likeness (QED) is 0.136. The summed E-state index contributed by atoms with van der Waals surface area (Å²) in [4.78, 5) is 12.2. The highest BCUT2D eigenvalue weighted by molar-refractivity contribution is 9.10. The van der Waals surface area contributed by atoms with Gasteiger partial charge in [-0.1, -0.05) is 72.3 Å². The minimum atomic E-state index is -0.910. The van der Waals surface area contributed by atoms with Crippen molar-refractivity contribution in [3.8, 4) is 22.6 Å². The molecule has 5 aromatic rings. The topological polar surface area (TPSA) is 116 Å². The number of rotatable bonds is 13. The number of fused-ring (bicyclic) bond motifs is 1. The predicted molar refractivity (Wildman–Crippen MR) is 166 cm³/mol. The molecule has 2 N–H and O–H groups in total. The van der Waals surface area contributed by atoms with Crippen LogP contribution in [0.25, 0.3) is 22.2 Å². The highest BCUT2D eigenvalue weighted by Crippen LogP contribution is 2.36. The number of aliphatic hydroxyl groups excluding tert-OH is 1. The van der Waals surface area contributed by atoms with Crippen LogP contribution in [0.15, 0.2) is 88.0 Å². The number of carbonyl (C=O) groups is 1.